The van der Waals surface area contributed by atoms with Crippen LogP contribution in [0.3, 0.4) is 0 Å². The van der Waals surface area contributed by atoms with Crippen molar-refractivity contribution in [2.24, 2.45) is 5.92 Å². The SMILES string of the molecule is CCC1CCCCC1OCc1ccc(I)cc1. The van der Waals surface area contributed by atoms with Gasteiger partial charge in [0.1, 0.15) is 0 Å². The first-order chi connectivity index (χ1) is 8.29. The molecule has 17 heavy (non-hydrogen) atoms. The second-order valence-corrected chi connectivity index (χ2v) is 6.17. The van der Waals surface area contributed by atoms with Gasteiger partial charge in [0.2, 0.25) is 0 Å². The molecular formula is C15H21IO. The van der Waals surface area contributed by atoms with Crippen molar-refractivity contribution in [3.05, 3.63) is 33.4 Å². The largest absolute Gasteiger partial charge is 0.373 e. The van der Waals surface area contributed by atoms with Crippen LogP contribution in [0.5, 0.6) is 0 Å². The molecular weight excluding hydrogens is 323 g/mol. The molecule has 1 aromatic rings. The van der Waals surface area contributed by atoms with Crippen LogP contribution < -0.4 is 0 Å². The van der Waals surface area contributed by atoms with Crippen LogP contribution in [0.25, 0.3) is 0 Å². The van der Waals surface area contributed by atoms with Crippen molar-refractivity contribution in [3.8, 4) is 0 Å². The van der Waals surface area contributed by atoms with Crippen LogP contribution in [0.15, 0.2) is 24.3 Å². The predicted molar refractivity (Wildman–Crippen MR) is 80.0 cm³/mol. The van der Waals surface area contributed by atoms with E-state index in [2.05, 4.69) is 53.8 Å². The van der Waals surface area contributed by atoms with Gasteiger partial charge in [-0.2, -0.15) is 0 Å². The maximum atomic E-state index is 6.11. The normalized spacial score (nSPS) is 24.8. The van der Waals surface area contributed by atoms with E-state index in [4.69, 9.17) is 4.74 Å². The molecule has 94 valence electrons. The van der Waals surface area contributed by atoms with Crippen molar-refractivity contribution in [2.75, 3.05) is 0 Å². The molecule has 0 amide bonds. The van der Waals surface area contributed by atoms with Gasteiger partial charge in [-0.05, 0) is 59.0 Å². The highest BCUT2D eigenvalue weighted by Crippen LogP contribution is 2.29. The minimum Gasteiger partial charge on any atom is -0.373 e. The fourth-order valence-electron chi connectivity index (χ4n) is 2.64. The number of hydrogen-bond acceptors (Lipinski definition) is 1. The number of rotatable bonds is 4. The lowest BCUT2D eigenvalue weighted by molar-refractivity contribution is -0.0221. The van der Waals surface area contributed by atoms with Crippen LogP contribution in [0.4, 0.5) is 0 Å². The molecule has 1 saturated carbocycles. The molecule has 2 atom stereocenters. The van der Waals surface area contributed by atoms with Gasteiger partial charge in [0.25, 0.3) is 0 Å². The highest BCUT2D eigenvalue weighted by Gasteiger charge is 2.23. The summed E-state index contributed by atoms with van der Waals surface area (Å²) in [5.74, 6) is 0.785. The van der Waals surface area contributed by atoms with E-state index in [1.807, 2.05) is 0 Å². The van der Waals surface area contributed by atoms with Gasteiger partial charge in [-0.1, -0.05) is 38.3 Å². The van der Waals surface area contributed by atoms with E-state index in [0.29, 0.717) is 6.10 Å². The summed E-state index contributed by atoms with van der Waals surface area (Å²) in [5.41, 5.74) is 1.30. The Kier molecular flexibility index (Phi) is 5.29. The minimum atomic E-state index is 0.494. The Balaban J connectivity index is 1.86. The molecule has 0 bridgehead atoms. The molecule has 0 aromatic heterocycles. The van der Waals surface area contributed by atoms with Crippen molar-refractivity contribution in [1.82, 2.24) is 0 Å². The summed E-state index contributed by atoms with van der Waals surface area (Å²) in [4.78, 5) is 0. The highest BCUT2D eigenvalue weighted by molar-refractivity contribution is 14.1. The van der Waals surface area contributed by atoms with E-state index in [0.717, 1.165) is 12.5 Å². The summed E-state index contributed by atoms with van der Waals surface area (Å²) >= 11 is 2.34. The predicted octanol–water partition coefficient (Wildman–Crippen LogP) is 4.78. The molecule has 0 spiro atoms. The Hall–Kier alpha value is -0.0900. The summed E-state index contributed by atoms with van der Waals surface area (Å²) in [6.07, 6.45) is 7.09. The van der Waals surface area contributed by atoms with E-state index in [1.54, 1.807) is 0 Å². The number of hydrogen-bond donors (Lipinski definition) is 0. The zero-order chi connectivity index (χ0) is 12.1. The van der Waals surface area contributed by atoms with Gasteiger partial charge in [-0.25, -0.2) is 0 Å². The third-order valence-corrected chi connectivity index (χ3v) is 4.46. The standard InChI is InChI=1S/C15H21IO/c1-2-13-5-3-4-6-15(13)17-11-12-7-9-14(16)10-8-12/h7-10,13,15H,2-6,11H2,1H3. The van der Waals surface area contributed by atoms with Gasteiger partial charge >= 0.3 is 0 Å². The van der Waals surface area contributed by atoms with Gasteiger partial charge in [-0.15, -0.1) is 0 Å². The monoisotopic (exact) mass is 344 g/mol. The minimum absolute atomic E-state index is 0.494. The zero-order valence-corrected chi connectivity index (χ0v) is 12.7. The Labute approximate surface area is 118 Å². The van der Waals surface area contributed by atoms with Gasteiger partial charge in [-0.3, -0.25) is 0 Å². The second kappa shape index (κ2) is 6.74. The molecule has 1 aromatic carbocycles. The van der Waals surface area contributed by atoms with E-state index in [-0.39, 0.29) is 0 Å². The van der Waals surface area contributed by atoms with Gasteiger partial charge in [0.05, 0.1) is 12.7 Å². The quantitative estimate of drug-likeness (QED) is 0.715. The fraction of sp³-hybridized carbons (Fsp3) is 0.600. The van der Waals surface area contributed by atoms with Gasteiger partial charge in [0.15, 0.2) is 0 Å². The summed E-state index contributed by atoms with van der Waals surface area (Å²) in [5, 5.41) is 0. The molecule has 0 N–H and O–H groups in total. The number of ether oxygens (including phenoxy) is 1. The van der Waals surface area contributed by atoms with Crippen LogP contribution >= 0.6 is 22.6 Å². The number of halogens is 1. The Morgan fingerprint density at radius 1 is 1.18 bits per heavy atom. The fourth-order valence-corrected chi connectivity index (χ4v) is 3.00. The van der Waals surface area contributed by atoms with Crippen molar-refractivity contribution in [2.45, 2.75) is 51.7 Å². The van der Waals surface area contributed by atoms with E-state index >= 15 is 0 Å². The second-order valence-electron chi connectivity index (χ2n) is 4.93. The summed E-state index contributed by atoms with van der Waals surface area (Å²) < 4.78 is 7.40. The van der Waals surface area contributed by atoms with Gasteiger partial charge < -0.3 is 4.74 Å². The Morgan fingerprint density at radius 2 is 1.88 bits per heavy atom. The van der Waals surface area contributed by atoms with Crippen LogP contribution in [0, 0.1) is 9.49 Å². The van der Waals surface area contributed by atoms with Crippen LogP contribution in [-0.2, 0) is 11.3 Å². The average molecular weight is 344 g/mol. The van der Waals surface area contributed by atoms with E-state index in [9.17, 15) is 0 Å². The third kappa shape index (κ3) is 3.95. The molecule has 2 heteroatoms. The lowest BCUT2D eigenvalue weighted by Crippen LogP contribution is -2.27. The highest BCUT2D eigenvalue weighted by atomic mass is 127. The molecule has 0 saturated heterocycles. The molecule has 1 fully saturated rings. The molecule has 2 unspecified atom stereocenters. The summed E-state index contributed by atoms with van der Waals surface area (Å²) in [6, 6.07) is 8.64. The average Bonchev–Trinajstić information content (AvgIpc) is 2.38. The first-order valence-electron chi connectivity index (χ1n) is 6.65. The molecule has 1 nitrogen and oxygen atoms in total. The molecule has 1 aliphatic carbocycles. The van der Waals surface area contributed by atoms with Crippen LogP contribution in [0.2, 0.25) is 0 Å². The zero-order valence-electron chi connectivity index (χ0n) is 10.5. The molecule has 0 heterocycles. The first kappa shape index (κ1) is 13.3. The molecule has 0 aliphatic heterocycles. The maximum Gasteiger partial charge on any atom is 0.0720 e. The Bertz CT molecular complexity index is 333. The summed E-state index contributed by atoms with van der Waals surface area (Å²) in [7, 11) is 0. The third-order valence-electron chi connectivity index (χ3n) is 3.74. The van der Waals surface area contributed by atoms with Crippen molar-refractivity contribution < 1.29 is 4.74 Å². The van der Waals surface area contributed by atoms with E-state index < -0.39 is 0 Å². The smallest absolute Gasteiger partial charge is 0.0720 e. The van der Waals surface area contributed by atoms with Crippen molar-refractivity contribution in [1.29, 1.82) is 0 Å². The molecule has 1 aliphatic rings. The summed E-state index contributed by atoms with van der Waals surface area (Å²) in [6.45, 7) is 3.06. The lowest BCUT2D eigenvalue weighted by Gasteiger charge is -2.30. The molecule has 2 rings (SSSR count). The topological polar surface area (TPSA) is 9.23 Å². The first-order valence-corrected chi connectivity index (χ1v) is 7.73. The van der Waals surface area contributed by atoms with Gasteiger partial charge in [0, 0.05) is 3.57 Å². The number of benzene rings is 1. The lowest BCUT2D eigenvalue weighted by atomic mass is 9.85. The van der Waals surface area contributed by atoms with Crippen LogP contribution in [0.1, 0.15) is 44.6 Å². The van der Waals surface area contributed by atoms with Crippen LogP contribution in [-0.4, -0.2) is 6.10 Å². The maximum absolute atomic E-state index is 6.11. The molecule has 0 radical (unpaired) electrons. The van der Waals surface area contributed by atoms with Crippen molar-refractivity contribution >= 4 is 22.6 Å². The van der Waals surface area contributed by atoms with E-state index in [1.165, 1.54) is 41.2 Å². The van der Waals surface area contributed by atoms with Crippen molar-refractivity contribution in [3.63, 3.8) is 0 Å². The Morgan fingerprint density at radius 3 is 2.59 bits per heavy atom.